The van der Waals surface area contributed by atoms with Gasteiger partial charge in [0.2, 0.25) is 5.91 Å². The molecule has 10 nitrogen and oxygen atoms in total. The van der Waals surface area contributed by atoms with Gasteiger partial charge in [-0.3, -0.25) is 9.59 Å². The molecule has 1 aromatic heterocycles. The average molecular weight is 688 g/mol. The standard InChI is InChI=1S/C38H49N5O5S/c1-40(2)49(46,47)39-36(44)26-13-15-30-33(20-26)43-24-38(37(45)42-19-9-12-27(42)23-41-17-7-8-18-41)22-32(38)31-21-28(48-3)14-16-29(31)35(43)34(30)25-10-5-4-6-11-25/h13-16,20-21,25,27,32H,4-12,17-19,22-24H2,1-3H3,(H,39,44). The Labute approximate surface area is 289 Å². The second-order valence-corrected chi connectivity index (χ2v) is 17.2. The van der Waals surface area contributed by atoms with Crippen LogP contribution in [0.5, 0.6) is 5.75 Å². The third-order valence-electron chi connectivity index (χ3n) is 12.2. The zero-order chi connectivity index (χ0) is 34.1. The van der Waals surface area contributed by atoms with Gasteiger partial charge in [-0.25, -0.2) is 4.72 Å². The molecule has 2 amide bonds. The van der Waals surface area contributed by atoms with Crippen LogP contribution in [0.15, 0.2) is 36.4 Å². The highest BCUT2D eigenvalue weighted by molar-refractivity contribution is 7.87. The van der Waals surface area contributed by atoms with Crippen LogP contribution >= 0.6 is 0 Å². The summed E-state index contributed by atoms with van der Waals surface area (Å²) in [4.78, 5) is 33.2. The molecular formula is C38H49N5O5S. The molecule has 3 aromatic rings. The third kappa shape index (κ3) is 5.56. The van der Waals surface area contributed by atoms with E-state index in [4.69, 9.17) is 4.74 Å². The summed E-state index contributed by atoms with van der Waals surface area (Å²) in [7, 11) is 0.525. The first-order valence-corrected chi connectivity index (χ1v) is 19.7. The SMILES string of the molecule is COc1ccc2c(c1)C1CC1(C(=O)N1CCCC1CN1CCCC1)Cn1c-2c(C2CCCCC2)c2ccc(C(=O)NS(=O)(=O)N(C)C)cc21. The summed E-state index contributed by atoms with van der Waals surface area (Å²) in [5, 5.41) is 1.09. The van der Waals surface area contributed by atoms with Crippen LogP contribution in [-0.4, -0.2) is 92.3 Å². The number of likely N-dealkylation sites (tertiary alicyclic amines) is 2. The molecule has 1 N–H and O–H groups in total. The second-order valence-electron chi connectivity index (χ2n) is 15.3. The molecule has 0 bridgehead atoms. The van der Waals surface area contributed by atoms with Gasteiger partial charge in [0.15, 0.2) is 0 Å². The Bertz CT molecular complexity index is 1910. The first-order chi connectivity index (χ1) is 23.6. The zero-order valence-electron chi connectivity index (χ0n) is 29.0. The van der Waals surface area contributed by atoms with Crippen molar-refractivity contribution in [3.63, 3.8) is 0 Å². The number of aromatic nitrogens is 1. The minimum atomic E-state index is -3.97. The van der Waals surface area contributed by atoms with Crippen LogP contribution in [0.4, 0.5) is 0 Å². The van der Waals surface area contributed by atoms with Gasteiger partial charge in [-0.05, 0) is 105 Å². The van der Waals surface area contributed by atoms with E-state index in [1.54, 1.807) is 13.2 Å². The van der Waals surface area contributed by atoms with Crippen molar-refractivity contribution in [2.24, 2.45) is 5.41 Å². The molecule has 2 aliphatic carbocycles. The smallest absolute Gasteiger partial charge is 0.303 e. The van der Waals surface area contributed by atoms with Gasteiger partial charge < -0.3 is 19.1 Å². The lowest BCUT2D eigenvalue weighted by Gasteiger charge is -2.32. The maximum atomic E-state index is 15.0. The molecular weight excluding hydrogens is 639 g/mol. The van der Waals surface area contributed by atoms with Gasteiger partial charge in [0.05, 0.1) is 18.2 Å². The highest BCUT2D eigenvalue weighted by Gasteiger charge is 2.64. The van der Waals surface area contributed by atoms with Crippen molar-refractivity contribution in [3.8, 4) is 17.0 Å². The Morgan fingerprint density at radius 3 is 2.47 bits per heavy atom. The van der Waals surface area contributed by atoms with E-state index in [-0.39, 0.29) is 23.4 Å². The fourth-order valence-electron chi connectivity index (χ4n) is 9.53. The lowest BCUT2D eigenvalue weighted by molar-refractivity contribution is -0.139. The number of nitrogens with one attached hydrogen (secondary N) is 1. The number of ether oxygens (including phenoxy) is 1. The Balaban J connectivity index is 1.28. The van der Waals surface area contributed by atoms with E-state index in [1.807, 2.05) is 18.2 Å². The van der Waals surface area contributed by atoms with Crippen molar-refractivity contribution in [1.82, 2.24) is 23.4 Å². The zero-order valence-corrected chi connectivity index (χ0v) is 29.9. The van der Waals surface area contributed by atoms with Crippen LogP contribution in [0.1, 0.15) is 97.5 Å². The van der Waals surface area contributed by atoms with E-state index in [1.165, 1.54) is 57.3 Å². The largest absolute Gasteiger partial charge is 0.497 e. The number of hydrogen-bond acceptors (Lipinski definition) is 6. The average Bonchev–Trinajstić information content (AvgIpc) is 3.39. The molecule has 3 atom stereocenters. The highest BCUT2D eigenvalue weighted by atomic mass is 32.2. The minimum Gasteiger partial charge on any atom is -0.497 e. The number of hydrogen-bond donors (Lipinski definition) is 1. The molecule has 0 radical (unpaired) electrons. The Hall–Kier alpha value is -3.41. The topological polar surface area (TPSA) is 104 Å². The summed E-state index contributed by atoms with van der Waals surface area (Å²) in [6, 6.07) is 12.2. The maximum Gasteiger partial charge on any atom is 0.303 e. The van der Waals surface area contributed by atoms with Crippen LogP contribution in [0.3, 0.4) is 0 Å². The lowest BCUT2D eigenvalue weighted by atomic mass is 9.81. The quantitative estimate of drug-likeness (QED) is 0.337. The van der Waals surface area contributed by atoms with Gasteiger partial charge in [0, 0.05) is 67.7 Å². The van der Waals surface area contributed by atoms with Crippen LogP contribution in [0.25, 0.3) is 22.2 Å². The number of methoxy groups -OCH3 is 1. The number of rotatable bonds is 8. The molecule has 11 heteroatoms. The Kier molecular flexibility index (Phi) is 8.31. The fourth-order valence-corrected chi connectivity index (χ4v) is 10.1. The van der Waals surface area contributed by atoms with Crippen LogP contribution in [0, 0.1) is 5.41 Å². The van der Waals surface area contributed by atoms with Gasteiger partial charge in [0.1, 0.15) is 5.75 Å². The molecule has 2 aromatic carbocycles. The Morgan fingerprint density at radius 2 is 1.73 bits per heavy atom. The molecule has 2 saturated heterocycles. The highest BCUT2D eigenvalue weighted by Crippen LogP contribution is 2.66. The predicted octanol–water partition coefficient (Wildman–Crippen LogP) is 5.47. The number of amides is 2. The maximum absolute atomic E-state index is 15.0. The minimum absolute atomic E-state index is 0.0732. The van der Waals surface area contributed by atoms with E-state index in [0.717, 1.165) is 90.5 Å². The van der Waals surface area contributed by atoms with E-state index in [0.29, 0.717) is 12.5 Å². The molecule has 4 fully saturated rings. The normalized spacial score (nSPS) is 25.6. The number of nitrogens with zero attached hydrogens (tertiary/aromatic N) is 4. The summed E-state index contributed by atoms with van der Waals surface area (Å²) in [5.41, 5.74) is 5.34. The monoisotopic (exact) mass is 687 g/mol. The van der Waals surface area contributed by atoms with Crippen molar-refractivity contribution in [1.29, 1.82) is 0 Å². The van der Waals surface area contributed by atoms with Crippen molar-refractivity contribution in [2.75, 3.05) is 47.4 Å². The number of carbonyl (C=O) groups is 2. The van der Waals surface area contributed by atoms with Crippen LogP contribution in [0.2, 0.25) is 0 Å². The predicted molar refractivity (Wildman–Crippen MR) is 190 cm³/mol. The van der Waals surface area contributed by atoms with Gasteiger partial charge >= 0.3 is 10.2 Å². The van der Waals surface area contributed by atoms with Gasteiger partial charge in [-0.1, -0.05) is 25.3 Å². The van der Waals surface area contributed by atoms with E-state index >= 15 is 4.79 Å². The molecule has 262 valence electrons. The van der Waals surface area contributed by atoms with E-state index in [2.05, 4.69) is 31.2 Å². The van der Waals surface area contributed by atoms with Crippen molar-refractivity contribution < 1.29 is 22.7 Å². The molecule has 4 heterocycles. The Morgan fingerprint density at radius 1 is 0.959 bits per heavy atom. The summed E-state index contributed by atoms with van der Waals surface area (Å²) in [6.07, 6.45) is 11.1. The molecule has 3 aliphatic heterocycles. The molecule has 5 aliphatic rings. The summed E-state index contributed by atoms with van der Waals surface area (Å²) in [6.45, 7) is 4.52. The van der Waals surface area contributed by atoms with Crippen molar-refractivity contribution >= 4 is 32.9 Å². The molecule has 3 unspecified atom stereocenters. The van der Waals surface area contributed by atoms with Crippen molar-refractivity contribution in [3.05, 3.63) is 53.1 Å². The van der Waals surface area contributed by atoms with Crippen LogP contribution < -0.4 is 9.46 Å². The first kappa shape index (κ1) is 32.8. The first-order valence-electron chi connectivity index (χ1n) is 18.2. The van der Waals surface area contributed by atoms with E-state index in [9.17, 15) is 13.2 Å². The number of benzene rings is 2. The van der Waals surface area contributed by atoms with Gasteiger partial charge in [-0.15, -0.1) is 0 Å². The third-order valence-corrected chi connectivity index (χ3v) is 13.6. The number of fused-ring (bicyclic) bond motifs is 7. The second kappa shape index (κ2) is 12.4. The molecule has 8 rings (SSSR count). The lowest BCUT2D eigenvalue weighted by Crippen LogP contribution is -2.46. The van der Waals surface area contributed by atoms with Crippen molar-refractivity contribution in [2.45, 2.75) is 88.6 Å². The summed E-state index contributed by atoms with van der Waals surface area (Å²) < 4.78 is 36.5. The summed E-state index contributed by atoms with van der Waals surface area (Å²) in [5.74, 6) is 0.823. The van der Waals surface area contributed by atoms with Gasteiger partial charge in [0.25, 0.3) is 5.91 Å². The fraction of sp³-hybridized carbons (Fsp3) is 0.579. The van der Waals surface area contributed by atoms with Crippen LogP contribution in [-0.2, 0) is 21.5 Å². The number of carbonyl (C=O) groups excluding carboxylic acids is 2. The molecule has 2 saturated carbocycles. The molecule has 0 spiro atoms. The van der Waals surface area contributed by atoms with Gasteiger partial charge in [-0.2, -0.15) is 12.7 Å². The molecule has 49 heavy (non-hydrogen) atoms. The van der Waals surface area contributed by atoms with E-state index < -0.39 is 21.5 Å². The summed E-state index contributed by atoms with van der Waals surface area (Å²) >= 11 is 0.